The number of hydrogen-bond acceptors (Lipinski definition) is 3. The van der Waals surface area contributed by atoms with Crippen LogP contribution in [-0.4, -0.2) is 21.6 Å². The van der Waals surface area contributed by atoms with E-state index in [0.29, 0.717) is 22.9 Å². The van der Waals surface area contributed by atoms with E-state index >= 15 is 0 Å². The highest BCUT2D eigenvalue weighted by atomic mass is 16.2. The van der Waals surface area contributed by atoms with Crippen molar-refractivity contribution in [3.05, 3.63) is 83.7 Å². The van der Waals surface area contributed by atoms with Gasteiger partial charge in [-0.25, -0.2) is 4.68 Å². The first-order valence-electron chi connectivity index (χ1n) is 11.4. The van der Waals surface area contributed by atoms with Crippen molar-refractivity contribution in [3.63, 3.8) is 0 Å². The van der Waals surface area contributed by atoms with Crippen LogP contribution in [0, 0.1) is 31.1 Å². The van der Waals surface area contributed by atoms with Gasteiger partial charge in [0.15, 0.2) is 0 Å². The maximum atomic E-state index is 13.3. The Morgan fingerprint density at radius 1 is 1.00 bits per heavy atom. The minimum absolute atomic E-state index is 0.0242. The van der Waals surface area contributed by atoms with Crippen molar-refractivity contribution in [1.29, 1.82) is 0 Å². The van der Waals surface area contributed by atoms with E-state index in [9.17, 15) is 9.59 Å². The van der Waals surface area contributed by atoms with Crippen LogP contribution >= 0.6 is 0 Å². The van der Waals surface area contributed by atoms with Crippen LogP contribution in [0.3, 0.4) is 0 Å². The number of nitrogens with one attached hydrogen (secondary N) is 2. The molecule has 1 aromatic heterocycles. The summed E-state index contributed by atoms with van der Waals surface area (Å²) in [5, 5.41) is 10.7. The lowest BCUT2D eigenvalue weighted by Gasteiger charge is -2.30. The summed E-state index contributed by atoms with van der Waals surface area (Å²) < 4.78 is 1.82. The maximum Gasteiger partial charge on any atom is 0.257 e. The molecule has 3 atom stereocenters. The summed E-state index contributed by atoms with van der Waals surface area (Å²) >= 11 is 0. The van der Waals surface area contributed by atoms with Gasteiger partial charge in [-0.15, -0.1) is 0 Å². The fraction of sp³-hybridized carbons (Fsp3) is 0.296. The summed E-state index contributed by atoms with van der Waals surface area (Å²) in [6.07, 6.45) is 6.28. The van der Waals surface area contributed by atoms with Crippen LogP contribution in [0.5, 0.6) is 0 Å². The van der Waals surface area contributed by atoms with Crippen molar-refractivity contribution in [2.75, 3.05) is 10.6 Å². The zero-order valence-electron chi connectivity index (χ0n) is 19.1. The van der Waals surface area contributed by atoms with Crippen molar-refractivity contribution in [2.45, 2.75) is 33.6 Å². The Hall–Kier alpha value is -3.67. The van der Waals surface area contributed by atoms with Gasteiger partial charge in [-0.3, -0.25) is 9.59 Å². The van der Waals surface area contributed by atoms with Gasteiger partial charge in [0.05, 0.1) is 39.4 Å². The number of aromatic nitrogens is 2. The van der Waals surface area contributed by atoms with E-state index < -0.39 is 5.41 Å². The molecule has 3 aromatic rings. The Morgan fingerprint density at radius 2 is 1.73 bits per heavy atom. The highest BCUT2D eigenvalue weighted by molar-refractivity contribution is 6.11. The van der Waals surface area contributed by atoms with E-state index in [4.69, 9.17) is 0 Å². The van der Waals surface area contributed by atoms with Crippen molar-refractivity contribution < 1.29 is 9.59 Å². The molecular weight excluding hydrogens is 412 g/mol. The lowest BCUT2D eigenvalue weighted by Crippen LogP contribution is -2.37. The molecule has 0 saturated heterocycles. The van der Waals surface area contributed by atoms with Gasteiger partial charge in [0.1, 0.15) is 0 Å². The molecule has 2 aliphatic carbocycles. The number of anilines is 2. The number of fused-ring (bicyclic) bond motifs is 2. The predicted molar refractivity (Wildman–Crippen MR) is 130 cm³/mol. The average Bonchev–Trinajstić information content (AvgIpc) is 3.49. The van der Waals surface area contributed by atoms with Crippen LogP contribution in [0.15, 0.2) is 66.7 Å². The lowest BCUT2D eigenvalue weighted by molar-refractivity contribution is -0.126. The number of carbonyl (C=O) groups is 2. The molecule has 0 unspecified atom stereocenters. The smallest absolute Gasteiger partial charge is 0.257 e. The van der Waals surface area contributed by atoms with Gasteiger partial charge in [0, 0.05) is 0 Å². The van der Waals surface area contributed by atoms with E-state index in [0.717, 1.165) is 29.9 Å². The van der Waals surface area contributed by atoms with E-state index in [-0.39, 0.29) is 17.7 Å². The van der Waals surface area contributed by atoms with E-state index in [1.54, 1.807) is 18.2 Å². The van der Waals surface area contributed by atoms with E-state index in [1.807, 2.05) is 61.9 Å². The van der Waals surface area contributed by atoms with Crippen LogP contribution in [0.1, 0.15) is 41.5 Å². The zero-order valence-corrected chi connectivity index (χ0v) is 19.1. The fourth-order valence-corrected chi connectivity index (χ4v) is 5.24. The molecule has 2 aromatic carbocycles. The molecule has 1 fully saturated rings. The summed E-state index contributed by atoms with van der Waals surface area (Å²) in [6.45, 7) is 5.84. The molecule has 1 saturated carbocycles. The van der Waals surface area contributed by atoms with Crippen molar-refractivity contribution >= 4 is 23.2 Å². The largest absolute Gasteiger partial charge is 0.325 e. The number of aryl methyl sites for hydroxylation is 1. The maximum absolute atomic E-state index is 13.3. The second-order valence-electron chi connectivity index (χ2n) is 9.36. The average molecular weight is 441 g/mol. The molecule has 168 valence electrons. The Balaban J connectivity index is 1.38. The molecule has 0 aliphatic heterocycles. The summed E-state index contributed by atoms with van der Waals surface area (Å²) in [6, 6.07) is 17.0. The van der Waals surface area contributed by atoms with Crippen molar-refractivity contribution in [1.82, 2.24) is 9.78 Å². The number of para-hydroxylation sites is 2. The number of allylic oxidation sites excluding steroid dienone is 2. The molecule has 1 heterocycles. The van der Waals surface area contributed by atoms with Crippen molar-refractivity contribution in [3.8, 4) is 5.69 Å². The molecule has 2 bridgehead atoms. The van der Waals surface area contributed by atoms with Crippen LogP contribution in [0.4, 0.5) is 11.4 Å². The molecule has 33 heavy (non-hydrogen) atoms. The number of carbonyl (C=O) groups excluding carboxylic acids is 2. The SMILES string of the molecule is Cc1nn(-c2ccccc2)c(C)c1NC(=O)c1ccccc1NC(=O)[C@]1(C)C[C@H]2C=C[C@H]1C2. The first kappa shape index (κ1) is 21.2. The Morgan fingerprint density at radius 3 is 2.42 bits per heavy atom. The molecule has 2 N–H and O–H groups in total. The third kappa shape index (κ3) is 3.65. The molecule has 5 rings (SSSR count). The third-order valence-electron chi connectivity index (χ3n) is 7.15. The van der Waals surface area contributed by atoms with Gasteiger partial charge in [0.2, 0.25) is 5.91 Å². The quantitative estimate of drug-likeness (QED) is 0.530. The van der Waals surface area contributed by atoms with Gasteiger partial charge in [-0.05, 0) is 62.8 Å². The molecule has 6 nitrogen and oxygen atoms in total. The molecule has 0 spiro atoms. The minimum Gasteiger partial charge on any atom is -0.325 e. The topological polar surface area (TPSA) is 76.0 Å². The van der Waals surface area contributed by atoms with Gasteiger partial charge >= 0.3 is 0 Å². The monoisotopic (exact) mass is 440 g/mol. The Bertz CT molecular complexity index is 1260. The summed E-state index contributed by atoms with van der Waals surface area (Å²) in [5.74, 6) is 0.445. The van der Waals surface area contributed by atoms with Crippen molar-refractivity contribution in [2.24, 2.45) is 17.3 Å². The number of nitrogens with zero attached hydrogens (tertiary/aromatic N) is 2. The molecule has 6 heteroatoms. The first-order chi connectivity index (χ1) is 15.9. The Kier molecular flexibility index (Phi) is 5.16. The Labute approximate surface area is 193 Å². The van der Waals surface area contributed by atoms with Gasteiger partial charge in [-0.1, -0.05) is 49.4 Å². The minimum atomic E-state index is -0.437. The number of amides is 2. The molecular formula is C27H28N4O2. The van der Waals surface area contributed by atoms with Gasteiger partial charge in [-0.2, -0.15) is 5.10 Å². The van der Waals surface area contributed by atoms with Crippen LogP contribution < -0.4 is 10.6 Å². The second kappa shape index (κ2) is 8.03. The second-order valence-corrected chi connectivity index (χ2v) is 9.36. The highest BCUT2D eigenvalue weighted by Crippen LogP contribution is 2.52. The molecule has 2 aliphatic rings. The summed E-state index contributed by atoms with van der Waals surface area (Å²) in [7, 11) is 0. The summed E-state index contributed by atoms with van der Waals surface area (Å²) in [5.41, 5.74) is 3.70. The van der Waals surface area contributed by atoms with E-state index in [1.165, 1.54) is 0 Å². The zero-order chi connectivity index (χ0) is 23.2. The van der Waals surface area contributed by atoms with Gasteiger partial charge in [0.25, 0.3) is 5.91 Å². The lowest BCUT2D eigenvalue weighted by atomic mass is 9.76. The normalized spacial score (nSPS) is 23.0. The number of rotatable bonds is 5. The van der Waals surface area contributed by atoms with Crippen LogP contribution in [-0.2, 0) is 4.79 Å². The third-order valence-corrected chi connectivity index (χ3v) is 7.15. The van der Waals surface area contributed by atoms with E-state index in [2.05, 4.69) is 27.9 Å². The number of benzene rings is 2. The van der Waals surface area contributed by atoms with Gasteiger partial charge < -0.3 is 10.6 Å². The van der Waals surface area contributed by atoms with Crippen LogP contribution in [0.25, 0.3) is 5.69 Å². The molecule has 0 radical (unpaired) electrons. The standard InChI is InChI=1S/C27H28N4O2/c1-17-24(18(2)31(30-17)21-9-5-4-6-10-21)29-25(32)22-11-7-8-12-23(22)28-26(33)27(3)16-19-13-14-20(27)15-19/h4-14,19-20H,15-16H2,1-3H3,(H,28,33)(H,29,32)/t19-,20-,27+/m0/s1. The predicted octanol–water partition coefficient (Wildman–Crippen LogP) is 5.28. The van der Waals surface area contributed by atoms with Crippen LogP contribution in [0.2, 0.25) is 0 Å². The fourth-order valence-electron chi connectivity index (χ4n) is 5.24. The highest BCUT2D eigenvalue weighted by Gasteiger charge is 2.50. The molecule has 2 amide bonds. The summed E-state index contributed by atoms with van der Waals surface area (Å²) in [4.78, 5) is 26.5. The first-order valence-corrected chi connectivity index (χ1v) is 11.4. The number of hydrogen-bond donors (Lipinski definition) is 2.